The normalized spacial score (nSPS) is 19.0. The number of esters is 1. The molecule has 1 aliphatic carbocycles. The van der Waals surface area contributed by atoms with Crippen molar-refractivity contribution in [3.63, 3.8) is 0 Å². The number of amides is 3. The number of hydrogen-bond acceptors (Lipinski definition) is 7. The van der Waals surface area contributed by atoms with E-state index < -0.39 is 48.1 Å². The molecule has 4 unspecified atom stereocenters. The van der Waals surface area contributed by atoms with Crippen LogP contribution >= 0.6 is 0 Å². The Morgan fingerprint density at radius 2 is 1.82 bits per heavy atom. The Morgan fingerprint density at radius 1 is 1.21 bits per heavy atom. The molecular formula is C23H33N3O7. The Balaban J connectivity index is 2.37. The van der Waals surface area contributed by atoms with Crippen LogP contribution in [0.3, 0.4) is 0 Å². The van der Waals surface area contributed by atoms with E-state index in [0.29, 0.717) is 6.42 Å². The minimum atomic E-state index is -1.22. The number of phenols is 1. The molecule has 0 heterocycles. The fourth-order valence-corrected chi connectivity index (χ4v) is 3.41. The average Bonchev–Trinajstić information content (AvgIpc) is 3.44. The largest absolute Gasteiger partial charge is 0.508 e. The van der Waals surface area contributed by atoms with Crippen molar-refractivity contribution < 1.29 is 33.8 Å². The van der Waals surface area contributed by atoms with Crippen molar-refractivity contribution in [2.45, 2.75) is 64.8 Å². The van der Waals surface area contributed by atoms with Crippen molar-refractivity contribution in [2.75, 3.05) is 13.7 Å². The van der Waals surface area contributed by atoms with Crippen molar-refractivity contribution in [3.8, 4) is 5.75 Å². The van der Waals surface area contributed by atoms with Gasteiger partial charge in [-0.1, -0.05) is 25.1 Å². The Kier molecular flexibility index (Phi) is 8.29. The Hall–Kier alpha value is -3.30. The van der Waals surface area contributed by atoms with E-state index in [2.05, 4.69) is 15.4 Å². The molecule has 33 heavy (non-hydrogen) atoms. The van der Waals surface area contributed by atoms with Gasteiger partial charge in [-0.3, -0.25) is 14.4 Å². The third kappa shape index (κ3) is 7.10. The highest BCUT2D eigenvalue weighted by Gasteiger charge is 2.48. The van der Waals surface area contributed by atoms with E-state index >= 15 is 0 Å². The summed E-state index contributed by atoms with van der Waals surface area (Å²) in [6, 6.07) is 3.68. The summed E-state index contributed by atoms with van der Waals surface area (Å²) in [5.41, 5.74) is -0.541. The number of rotatable bonds is 8. The van der Waals surface area contributed by atoms with Gasteiger partial charge in [-0.05, 0) is 46.1 Å². The van der Waals surface area contributed by atoms with Crippen molar-refractivity contribution in [1.82, 2.24) is 15.5 Å². The number of carbonyl (C=O) groups is 4. The Morgan fingerprint density at radius 3 is 2.33 bits per heavy atom. The number of para-hydroxylation sites is 1. The fraction of sp³-hybridized carbons (Fsp3) is 0.565. The summed E-state index contributed by atoms with van der Waals surface area (Å²) in [5.74, 6) is -1.88. The van der Waals surface area contributed by atoms with Crippen LogP contribution in [0.1, 0.15) is 52.6 Å². The second-order valence-corrected chi connectivity index (χ2v) is 9.15. The number of nitrogens with one attached hydrogen (secondary N) is 2. The Bertz CT molecular complexity index is 896. The Labute approximate surface area is 193 Å². The van der Waals surface area contributed by atoms with Crippen LogP contribution in [0.2, 0.25) is 0 Å². The van der Waals surface area contributed by atoms with Gasteiger partial charge < -0.3 is 30.1 Å². The van der Waals surface area contributed by atoms with Gasteiger partial charge in [-0.15, -0.1) is 0 Å². The quantitative estimate of drug-likeness (QED) is 0.501. The molecule has 0 saturated heterocycles. The summed E-state index contributed by atoms with van der Waals surface area (Å²) in [6.45, 7) is 8.16. The third-order valence-electron chi connectivity index (χ3n) is 5.17. The van der Waals surface area contributed by atoms with E-state index in [-0.39, 0.29) is 23.3 Å². The third-order valence-corrected chi connectivity index (χ3v) is 5.17. The van der Waals surface area contributed by atoms with E-state index in [1.807, 2.05) is 6.92 Å². The van der Waals surface area contributed by atoms with Gasteiger partial charge in [0.05, 0.1) is 7.11 Å². The minimum Gasteiger partial charge on any atom is -0.508 e. The summed E-state index contributed by atoms with van der Waals surface area (Å²) in [6.07, 6.45) is -0.111. The number of alkyl carbamates (subject to hydrolysis) is 1. The zero-order valence-electron chi connectivity index (χ0n) is 19.9. The van der Waals surface area contributed by atoms with Crippen LogP contribution in [0.4, 0.5) is 4.79 Å². The lowest BCUT2D eigenvalue weighted by Gasteiger charge is -2.34. The zero-order valence-corrected chi connectivity index (χ0v) is 19.9. The summed E-state index contributed by atoms with van der Waals surface area (Å²) in [7, 11) is 1.20. The van der Waals surface area contributed by atoms with E-state index in [1.54, 1.807) is 32.9 Å². The van der Waals surface area contributed by atoms with E-state index in [1.165, 1.54) is 31.1 Å². The van der Waals surface area contributed by atoms with Crippen molar-refractivity contribution in [2.24, 2.45) is 5.92 Å². The molecule has 1 aliphatic rings. The van der Waals surface area contributed by atoms with Gasteiger partial charge in [0.15, 0.2) is 0 Å². The van der Waals surface area contributed by atoms with Gasteiger partial charge >= 0.3 is 12.1 Å². The molecule has 182 valence electrons. The van der Waals surface area contributed by atoms with E-state index in [0.717, 1.165) is 0 Å². The molecule has 0 spiro atoms. The summed E-state index contributed by atoms with van der Waals surface area (Å²) >= 11 is 0. The number of nitrogens with zero attached hydrogens (tertiary/aromatic N) is 1. The van der Waals surface area contributed by atoms with Gasteiger partial charge in [0.1, 0.15) is 30.0 Å². The highest BCUT2D eigenvalue weighted by atomic mass is 16.6. The van der Waals surface area contributed by atoms with E-state index in [4.69, 9.17) is 4.74 Å². The molecular weight excluding hydrogens is 430 g/mol. The van der Waals surface area contributed by atoms with Crippen LogP contribution in [-0.4, -0.2) is 65.2 Å². The molecule has 1 fully saturated rings. The number of benzene rings is 1. The highest BCUT2D eigenvalue weighted by Crippen LogP contribution is 2.42. The summed E-state index contributed by atoms with van der Waals surface area (Å²) < 4.78 is 9.80. The van der Waals surface area contributed by atoms with Crippen molar-refractivity contribution in [1.29, 1.82) is 0 Å². The average molecular weight is 464 g/mol. The van der Waals surface area contributed by atoms with Gasteiger partial charge in [0.2, 0.25) is 11.8 Å². The number of phenolic OH excluding ortho intramolecular Hbond substituents is 1. The standard InChI is InChI=1S/C23H33N3O7/c1-13-11-16(13)26(21(30)14(2)25-22(31)33-23(3,4)5)19(15-9-7-8-10-17(15)27)20(29)24-12-18(28)32-6/h7-10,13-14,16,19,27H,11-12H2,1-6H3,(H,24,29)(H,25,31). The number of methoxy groups -OCH3 is 1. The van der Waals surface area contributed by atoms with Crippen molar-refractivity contribution in [3.05, 3.63) is 29.8 Å². The van der Waals surface area contributed by atoms with Gasteiger partial charge in [-0.25, -0.2) is 4.79 Å². The highest BCUT2D eigenvalue weighted by molar-refractivity contribution is 5.93. The molecule has 1 aromatic carbocycles. The van der Waals surface area contributed by atoms with Gasteiger partial charge in [0.25, 0.3) is 0 Å². The first-order valence-corrected chi connectivity index (χ1v) is 10.8. The molecule has 0 aliphatic heterocycles. The minimum absolute atomic E-state index is 0.115. The number of aromatic hydroxyl groups is 1. The smallest absolute Gasteiger partial charge is 0.408 e. The first-order valence-electron chi connectivity index (χ1n) is 10.8. The molecule has 2 rings (SSSR count). The van der Waals surface area contributed by atoms with Crippen molar-refractivity contribution >= 4 is 23.9 Å². The number of carbonyl (C=O) groups excluding carboxylic acids is 4. The lowest BCUT2D eigenvalue weighted by Crippen LogP contribution is -2.53. The van der Waals surface area contributed by atoms with Crippen LogP contribution in [0, 0.1) is 5.92 Å². The molecule has 0 radical (unpaired) electrons. The van der Waals surface area contributed by atoms with Crippen LogP contribution in [0.5, 0.6) is 5.75 Å². The molecule has 3 N–H and O–H groups in total. The van der Waals surface area contributed by atoms with Crippen LogP contribution < -0.4 is 10.6 Å². The second-order valence-electron chi connectivity index (χ2n) is 9.15. The maximum Gasteiger partial charge on any atom is 0.408 e. The number of hydrogen-bond donors (Lipinski definition) is 3. The second kappa shape index (κ2) is 10.5. The number of ether oxygens (including phenoxy) is 2. The van der Waals surface area contributed by atoms with Crippen LogP contribution in [0.15, 0.2) is 24.3 Å². The lowest BCUT2D eigenvalue weighted by atomic mass is 10.0. The monoisotopic (exact) mass is 463 g/mol. The lowest BCUT2D eigenvalue weighted by molar-refractivity contribution is -0.145. The fourth-order valence-electron chi connectivity index (χ4n) is 3.41. The maximum absolute atomic E-state index is 13.5. The molecule has 10 heteroatoms. The molecule has 3 amide bonds. The molecule has 0 bridgehead atoms. The maximum atomic E-state index is 13.5. The SMILES string of the molecule is COC(=O)CNC(=O)C(c1ccccc1O)N(C(=O)C(C)NC(=O)OC(C)(C)C)C1CC1C. The van der Waals surface area contributed by atoms with Gasteiger partial charge in [0, 0.05) is 11.6 Å². The van der Waals surface area contributed by atoms with Crippen LogP contribution in [-0.2, 0) is 23.9 Å². The molecule has 10 nitrogen and oxygen atoms in total. The van der Waals surface area contributed by atoms with Gasteiger partial charge in [-0.2, -0.15) is 0 Å². The van der Waals surface area contributed by atoms with E-state index in [9.17, 15) is 24.3 Å². The molecule has 1 aromatic rings. The molecule has 1 saturated carbocycles. The summed E-state index contributed by atoms with van der Waals surface area (Å²) in [5, 5.41) is 15.4. The first-order chi connectivity index (χ1) is 15.4. The molecule has 0 aromatic heterocycles. The molecule has 4 atom stereocenters. The predicted octanol–water partition coefficient (Wildman–Crippen LogP) is 1.87. The topological polar surface area (TPSA) is 134 Å². The summed E-state index contributed by atoms with van der Waals surface area (Å²) in [4.78, 5) is 51.8. The van der Waals surface area contributed by atoms with Crippen LogP contribution in [0.25, 0.3) is 0 Å². The first kappa shape index (κ1) is 26.0. The zero-order chi connectivity index (χ0) is 24.9. The predicted molar refractivity (Wildman–Crippen MR) is 119 cm³/mol.